The van der Waals surface area contributed by atoms with Crippen molar-refractivity contribution in [1.29, 1.82) is 0 Å². The first-order valence-corrected chi connectivity index (χ1v) is 14.1. The van der Waals surface area contributed by atoms with Gasteiger partial charge in [0.15, 0.2) is 0 Å². The summed E-state index contributed by atoms with van der Waals surface area (Å²) in [5.41, 5.74) is 1.06. The van der Waals surface area contributed by atoms with E-state index in [0.29, 0.717) is 36.6 Å². The fourth-order valence-electron chi connectivity index (χ4n) is 7.15. The summed E-state index contributed by atoms with van der Waals surface area (Å²) in [7, 11) is 0. The van der Waals surface area contributed by atoms with Gasteiger partial charge in [0.05, 0.1) is 24.0 Å². The van der Waals surface area contributed by atoms with Crippen LogP contribution >= 0.6 is 0 Å². The Hall–Kier alpha value is -3.43. The van der Waals surface area contributed by atoms with Crippen LogP contribution in [-0.4, -0.2) is 64.7 Å². The Kier molecular flexibility index (Phi) is 7.39. The maximum Gasteiger partial charge on any atom is 0.250 e. The molecule has 0 aromatic heterocycles. The van der Waals surface area contributed by atoms with E-state index >= 15 is 0 Å². The smallest absolute Gasteiger partial charge is 0.250 e. The zero-order valence-corrected chi connectivity index (χ0v) is 23.8. The van der Waals surface area contributed by atoms with Gasteiger partial charge in [-0.2, -0.15) is 0 Å². The number of rotatable bonds is 9. The Morgan fingerprint density at radius 1 is 1.10 bits per heavy atom. The summed E-state index contributed by atoms with van der Waals surface area (Å²) >= 11 is 0. The number of amides is 3. The predicted octanol–water partition coefficient (Wildman–Crippen LogP) is 3.67. The van der Waals surface area contributed by atoms with E-state index in [1.54, 1.807) is 24.3 Å². The van der Waals surface area contributed by atoms with Crippen LogP contribution in [0.4, 0.5) is 11.4 Å². The topological polar surface area (TPSA) is 117 Å². The number of carbonyl (C=O) groups excluding carboxylic acids is 3. The summed E-state index contributed by atoms with van der Waals surface area (Å²) in [4.78, 5) is 43.6. The van der Waals surface area contributed by atoms with Crippen LogP contribution in [0.25, 0.3) is 0 Å². The number of aryl methyl sites for hydroxylation is 2. The van der Waals surface area contributed by atoms with Crippen LogP contribution in [0.1, 0.15) is 44.7 Å². The molecule has 214 valence electrons. The molecular formula is C31H39N3O6. The number of para-hydroxylation sites is 1. The summed E-state index contributed by atoms with van der Waals surface area (Å²) in [5.74, 6) is -1.90. The molecule has 0 aliphatic carbocycles. The first-order chi connectivity index (χ1) is 19.1. The number of benzene rings is 2. The van der Waals surface area contributed by atoms with Gasteiger partial charge in [-0.05, 0) is 81.8 Å². The third-order valence-electron chi connectivity index (χ3n) is 9.06. The lowest BCUT2D eigenvalue weighted by atomic mass is 9.62. The van der Waals surface area contributed by atoms with Crippen LogP contribution in [0.15, 0.2) is 42.5 Å². The fourth-order valence-corrected chi connectivity index (χ4v) is 7.15. The first kappa shape index (κ1) is 28.1. The Labute approximate surface area is 235 Å². The number of aliphatic hydroxyl groups excluding tert-OH is 1. The molecule has 3 aliphatic heterocycles. The first-order valence-electron chi connectivity index (χ1n) is 14.1. The molecule has 2 aromatic carbocycles. The van der Waals surface area contributed by atoms with E-state index in [0.717, 1.165) is 11.1 Å². The number of hydrogen-bond donors (Lipinski definition) is 3. The van der Waals surface area contributed by atoms with Crippen molar-refractivity contribution >= 4 is 29.1 Å². The summed E-state index contributed by atoms with van der Waals surface area (Å²) in [6.45, 7) is 10.3. The lowest BCUT2D eigenvalue weighted by Gasteiger charge is -2.36. The second-order valence-corrected chi connectivity index (χ2v) is 11.5. The van der Waals surface area contributed by atoms with Gasteiger partial charge in [0.25, 0.3) is 0 Å². The zero-order chi connectivity index (χ0) is 28.8. The molecule has 3 amide bonds. The van der Waals surface area contributed by atoms with Crippen molar-refractivity contribution in [2.75, 3.05) is 30.4 Å². The van der Waals surface area contributed by atoms with Gasteiger partial charge in [0.2, 0.25) is 17.7 Å². The minimum atomic E-state index is -1.15. The molecule has 6 atom stereocenters. The highest BCUT2D eigenvalue weighted by Crippen LogP contribution is 2.65. The largest absolute Gasteiger partial charge is 0.494 e. The molecule has 3 saturated heterocycles. The standard InChI is InChI=1S/C31H39N3O6/c1-6-39-22-13-11-21(12-14-22)32-27(36)23-24-29(38)34(15-8-16-35)26(31(24)17-20(4)30(23,5)40-31)28(37)33-25-18(2)9-7-10-19(25)3/h7,9-14,20,23-24,26,35H,6,8,15-17H2,1-5H3,(H,32,36)(H,33,37)/t20?,23-,24-,26?,30+,31?/m0/s1. The molecule has 1 spiro atoms. The third-order valence-corrected chi connectivity index (χ3v) is 9.06. The van der Waals surface area contributed by atoms with Crippen molar-refractivity contribution in [1.82, 2.24) is 4.90 Å². The maximum absolute atomic E-state index is 14.1. The van der Waals surface area contributed by atoms with Crippen molar-refractivity contribution in [3.63, 3.8) is 0 Å². The average molecular weight is 550 g/mol. The van der Waals surface area contributed by atoms with Gasteiger partial charge in [-0.1, -0.05) is 25.1 Å². The lowest BCUT2D eigenvalue weighted by Crippen LogP contribution is -2.54. The Morgan fingerprint density at radius 3 is 2.40 bits per heavy atom. The van der Waals surface area contributed by atoms with Crippen molar-refractivity contribution < 1.29 is 29.0 Å². The number of nitrogens with one attached hydrogen (secondary N) is 2. The molecule has 0 radical (unpaired) electrons. The third kappa shape index (κ3) is 4.36. The highest BCUT2D eigenvalue weighted by molar-refractivity contribution is 6.05. The van der Waals surface area contributed by atoms with Crippen LogP contribution in [0.2, 0.25) is 0 Å². The molecule has 2 bridgehead atoms. The van der Waals surface area contributed by atoms with E-state index in [1.165, 1.54) is 4.90 Å². The van der Waals surface area contributed by atoms with Crippen molar-refractivity contribution in [3.05, 3.63) is 53.6 Å². The van der Waals surface area contributed by atoms with Crippen LogP contribution in [0, 0.1) is 31.6 Å². The number of fused-ring (bicyclic) bond motifs is 1. The van der Waals surface area contributed by atoms with Gasteiger partial charge in [-0.15, -0.1) is 0 Å². The SMILES string of the molecule is CCOc1ccc(NC(=O)[C@@H]2[C@H]3C(=O)N(CCCO)C(C(=O)Nc4c(C)cccc4C)C34CC(C)[C@@]2(C)O4)cc1. The van der Waals surface area contributed by atoms with E-state index in [9.17, 15) is 19.5 Å². The van der Waals surface area contributed by atoms with Gasteiger partial charge in [-0.3, -0.25) is 14.4 Å². The molecule has 40 heavy (non-hydrogen) atoms. The summed E-state index contributed by atoms with van der Waals surface area (Å²) in [6.07, 6.45) is 0.796. The molecule has 9 heteroatoms. The molecule has 3 unspecified atom stereocenters. The molecule has 3 heterocycles. The summed E-state index contributed by atoms with van der Waals surface area (Å²) < 4.78 is 12.3. The fraction of sp³-hybridized carbons (Fsp3) is 0.516. The van der Waals surface area contributed by atoms with Gasteiger partial charge >= 0.3 is 0 Å². The molecular weight excluding hydrogens is 510 g/mol. The van der Waals surface area contributed by atoms with Crippen molar-refractivity contribution in [2.45, 2.75) is 64.7 Å². The number of aliphatic hydroxyl groups is 1. The molecule has 2 aromatic rings. The molecule has 3 N–H and O–H groups in total. The van der Waals surface area contributed by atoms with E-state index in [-0.39, 0.29) is 36.8 Å². The average Bonchev–Trinajstić information content (AvgIpc) is 3.42. The number of likely N-dealkylation sites (tertiary alicyclic amines) is 1. The van der Waals surface area contributed by atoms with Gasteiger partial charge in [0.1, 0.15) is 17.4 Å². The number of hydrogen-bond acceptors (Lipinski definition) is 6. The van der Waals surface area contributed by atoms with Crippen LogP contribution in [-0.2, 0) is 19.1 Å². The van der Waals surface area contributed by atoms with Crippen LogP contribution in [0.5, 0.6) is 5.75 Å². The molecule has 3 aliphatic rings. The Bertz CT molecular complexity index is 1290. The van der Waals surface area contributed by atoms with Crippen molar-refractivity contribution in [2.24, 2.45) is 17.8 Å². The monoisotopic (exact) mass is 549 g/mol. The summed E-state index contributed by atoms with van der Waals surface area (Å²) in [5, 5.41) is 15.6. The number of carbonyl (C=O) groups is 3. The van der Waals surface area contributed by atoms with Crippen molar-refractivity contribution in [3.8, 4) is 5.75 Å². The Balaban J connectivity index is 1.50. The highest BCUT2D eigenvalue weighted by Gasteiger charge is 2.79. The normalized spacial score (nSPS) is 30.4. The number of ether oxygens (including phenoxy) is 2. The second-order valence-electron chi connectivity index (χ2n) is 11.5. The minimum absolute atomic E-state index is 0.0686. The van der Waals surface area contributed by atoms with E-state index < -0.39 is 29.1 Å². The van der Waals surface area contributed by atoms with E-state index in [4.69, 9.17) is 9.47 Å². The van der Waals surface area contributed by atoms with Gasteiger partial charge in [0, 0.05) is 24.5 Å². The van der Waals surface area contributed by atoms with E-state index in [1.807, 2.05) is 52.8 Å². The minimum Gasteiger partial charge on any atom is -0.494 e. The second kappa shape index (κ2) is 10.5. The Morgan fingerprint density at radius 2 is 1.77 bits per heavy atom. The molecule has 5 rings (SSSR count). The number of anilines is 2. The molecule has 9 nitrogen and oxygen atoms in total. The summed E-state index contributed by atoms with van der Waals surface area (Å²) in [6, 6.07) is 12.0. The maximum atomic E-state index is 14.1. The highest BCUT2D eigenvalue weighted by atomic mass is 16.5. The van der Waals surface area contributed by atoms with Gasteiger partial charge in [-0.25, -0.2) is 0 Å². The number of nitrogens with zero attached hydrogens (tertiary/aromatic N) is 1. The zero-order valence-electron chi connectivity index (χ0n) is 23.8. The quantitative estimate of drug-likeness (QED) is 0.440. The molecule has 3 fully saturated rings. The van der Waals surface area contributed by atoms with E-state index in [2.05, 4.69) is 10.6 Å². The molecule has 0 saturated carbocycles. The predicted molar refractivity (Wildman–Crippen MR) is 151 cm³/mol. The van der Waals surface area contributed by atoms with Crippen LogP contribution in [0.3, 0.4) is 0 Å². The van der Waals surface area contributed by atoms with Crippen LogP contribution < -0.4 is 15.4 Å². The van der Waals surface area contributed by atoms with Gasteiger partial charge < -0.3 is 30.1 Å². The lowest BCUT2D eigenvalue weighted by molar-refractivity contribution is -0.144.